The van der Waals surface area contributed by atoms with Crippen molar-refractivity contribution in [3.63, 3.8) is 0 Å². The van der Waals surface area contributed by atoms with Gasteiger partial charge in [0.05, 0.1) is 11.9 Å². The van der Waals surface area contributed by atoms with Crippen molar-refractivity contribution >= 4 is 12.1 Å². The molecule has 0 saturated heterocycles. The number of benzene rings is 1. The van der Waals surface area contributed by atoms with Crippen molar-refractivity contribution in [1.29, 1.82) is 0 Å². The zero-order chi connectivity index (χ0) is 18.9. The van der Waals surface area contributed by atoms with Gasteiger partial charge in [-0.2, -0.15) is 5.10 Å². The van der Waals surface area contributed by atoms with Gasteiger partial charge in [-0.15, -0.1) is 0 Å². The minimum absolute atomic E-state index is 0.171. The number of amides is 1. The second kappa shape index (κ2) is 9.33. The number of furan rings is 1. The number of nitrogens with one attached hydrogen (secondary N) is 1. The lowest BCUT2D eigenvalue weighted by Crippen LogP contribution is -2.16. The lowest BCUT2D eigenvalue weighted by atomic mass is 10.1. The Hall–Kier alpha value is -3.41. The molecule has 138 valence electrons. The lowest BCUT2D eigenvalue weighted by Gasteiger charge is -2.05. The van der Waals surface area contributed by atoms with Crippen molar-refractivity contribution in [1.82, 2.24) is 10.4 Å². The van der Waals surface area contributed by atoms with E-state index in [0.29, 0.717) is 11.5 Å². The Morgan fingerprint density at radius 2 is 2.04 bits per heavy atom. The minimum atomic E-state index is -0.433. The normalized spacial score (nSPS) is 10.9. The summed E-state index contributed by atoms with van der Waals surface area (Å²) in [6.45, 7) is 2.40. The van der Waals surface area contributed by atoms with Crippen molar-refractivity contribution < 1.29 is 13.9 Å². The van der Waals surface area contributed by atoms with Gasteiger partial charge in [0, 0.05) is 6.20 Å². The molecule has 27 heavy (non-hydrogen) atoms. The summed E-state index contributed by atoms with van der Waals surface area (Å²) in [5, 5.41) is 3.87. The molecule has 3 rings (SSSR count). The highest BCUT2D eigenvalue weighted by Gasteiger charge is 2.10. The highest BCUT2D eigenvalue weighted by atomic mass is 16.5. The fraction of sp³-hybridized carbons (Fsp3) is 0.190. The first-order chi connectivity index (χ1) is 13.2. The summed E-state index contributed by atoms with van der Waals surface area (Å²) in [4.78, 5) is 16.1. The van der Waals surface area contributed by atoms with E-state index in [4.69, 9.17) is 9.15 Å². The molecule has 0 spiro atoms. The van der Waals surface area contributed by atoms with E-state index in [1.165, 1.54) is 11.8 Å². The molecule has 3 aromatic rings. The third-order valence-corrected chi connectivity index (χ3v) is 3.78. The number of hydrogen-bond donors (Lipinski definition) is 1. The zero-order valence-corrected chi connectivity index (χ0v) is 15.1. The second-order valence-electron chi connectivity index (χ2n) is 5.90. The average Bonchev–Trinajstić information content (AvgIpc) is 3.18. The summed E-state index contributed by atoms with van der Waals surface area (Å²) in [6, 6.07) is 16.7. The van der Waals surface area contributed by atoms with Crippen molar-refractivity contribution in [2.24, 2.45) is 5.10 Å². The topological polar surface area (TPSA) is 76.7 Å². The maximum atomic E-state index is 12.0. The lowest BCUT2D eigenvalue weighted by molar-refractivity contribution is 0.0923. The number of hydrazone groups is 1. The van der Waals surface area contributed by atoms with Crippen LogP contribution in [0.2, 0.25) is 0 Å². The molecule has 1 N–H and O–H groups in total. The molecule has 1 aromatic carbocycles. The highest BCUT2D eigenvalue weighted by Crippen LogP contribution is 2.16. The Bertz CT molecular complexity index is 887. The summed E-state index contributed by atoms with van der Waals surface area (Å²) in [6.07, 6.45) is 5.29. The van der Waals surface area contributed by atoms with E-state index >= 15 is 0 Å². The first-order valence-electron chi connectivity index (χ1n) is 8.79. The number of hydrogen-bond acceptors (Lipinski definition) is 5. The zero-order valence-electron chi connectivity index (χ0n) is 15.1. The molecule has 0 aliphatic heterocycles. The maximum Gasteiger partial charge on any atom is 0.307 e. The highest BCUT2D eigenvalue weighted by molar-refractivity contribution is 5.92. The summed E-state index contributed by atoms with van der Waals surface area (Å²) in [5.74, 6) is 1.06. The van der Waals surface area contributed by atoms with Gasteiger partial charge in [-0.3, -0.25) is 9.78 Å². The molecule has 0 aliphatic rings. The van der Waals surface area contributed by atoms with Crippen LogP contribution in [0.25, 0.3) is 0 Å². The third kappa shape index (κ3) is 5.54. The van der Waals surface area contributed by atoms with Gasteiger partial charge >= 0.3 is 5.91 Å². The fourth-order valence-electron chi connectivity index (χ4n) is 2.44. The molecule has 2 aromatic heterocycles. The second-order valence-corrected chi connectivity index (χ2v) is 5.90. The monoisotopic (exact) mass is 363 g/mol. The van der Waals surface area contributed by atoms with E-state index in [1.54, 1.807) is 24.4 Å². The first kappa shape index (κ1) is 18.4. The van der Waals surface area contributed by atoms with E-state index in [0.717, 1.165) is 18.6 Å². The standard InChI is InChI=1S/C21H21N3O3/c1-2-5-16-7-9-18(10-8-16)26-15-19-11-12-20(27-19)21(25)24-23-14-17-6-3-4-13-22-17/h3-4,6-14H,2,5,15H2,1H3,(H,24,25)/b23-14-. The van der Waals surface area contributed by atoms with Gasteiger partial charge in [-0.05, 0) is 48.4 Å². The van der Waals surface area contributed by atoms with E-state index in [-0.39, 0.29) is 12.4 Å². The van der Waals surface area contributed by atoms with E-state index in [1.807, 2.05) is 24.3 Å². The number of pyridine rings is 1. The Labute approximate surface area is 157 Å². The summed E-state index contributed by atoms with van der Waals surface area (Å²) in [7, 11) is 0. The number of rotatable bonds is 8. The number of aromatic nitrogens is 1. The first-order valence-corrected chi connectivity index (χ1v) is 8.79. The fourth-order valence-corrected chi connectivity index (χ4v) is 2.44. The van der Waals surface area contributed by atoms with Crippen molar-refractivity contribution in [3.8, 4) is 5.75 Å². The van der Waals surface area contributed by atoms with Gasteiger partial charge in [0.2, 0.25) is 0 Å². The van der Waals surface area contributed by atoms with Crippen LogP contribution in [0.15, 0.2) is 70.3 Å². The Balaban J connectivity index is 1.50. The summed E-state index contributed by atoms with van der Waals surface area (Å²) < 4.78 is 11.2. The van der Waals surface area contributed by atoms with Gasteiger partial charge < -0.3 is 9.15 Å². The molecule has 0 saturated carbocycles. The van der Waals surface area contributed by atoms with Crippen LogP contribution in [-0.4, -0.2) is 17.1 Å². The molecule has 0 bridgehead atoms. The molecule has 2 heterocycles. The molecule has 0 atom stereocenters. The molecule has 0 radical (unpaired) electrons. The quantitative estimate of drug-likeness (QED) is 0.485. The minimum Gasteiger partial charge on any atom is -0.486 e. The smallest absolute Gasteiger partial charge is 0.307 e. The van der Waals surface area contributed by atoms with E-state index in [2.05, 4.69) is 34.6 Å². The molecule has 6 heteroatoms. The van der Waals surface area contributed by atoms with Crippen molar-refractivity contribution in [2.75, 3.05) is 0 Å². The Morgan fingerprint density at radius 3 is 2.78 bits per heavy atom. The van der Waals surface area contributed by atoms with Crippen LogP contribution in [0, 0.1) is 0 Å². The number of aryl methyl sites for hydroxylation is 1. The third-order valence-electron chi connectivity index (χ3n) is 3.78. The van der Waals surface area contributed by atoms with Gasteiger partial charge in [0.15, 0.2) is 5.76 Å². The molecule has 1 amide bonds. The Morgan fingerprint density at radius 1 is 1.19 bits per heavy atom. The number of carbonyl (C=O) groups is 1. The van der Waals surface area contributed by atoms with Crippen LogP contribution >= 0.6 is 0 Å². The molecular formula is C21H21N3O3. The van der Waals surface area contributed by atoms with Gasteiger partial charge in [0.25, 0.3) is 0 Å². The number of carbonyl (C=O) groups excluding carboxylic acids is 1. The van der Waals surface area contributed by atoms with Gasteiger partial charge in [0.1, 0.15) is 18.1 Å². The molecular weight excluding hydrogens is 342 g/mol. The molecule has 0 fully saturated rings. The van der Waals surface area contributed by atoms with Crippen molar-refractivity contribution in [2.45, 2.75) is 26.4 Å². The summed E-state index contributed by atoms with van der Waals surface area (Å²) in [5.41, 5.74) is 4.34. The largest absolute Gasteiger partial charge is 0.486 e. The molecule has 6 nitrogen and oxygen atoms in total. The SMILES string of the molecule is CCCc1ccc(OCc2ccc(C(=O)N/N=C\c3ccccn3)o2)cc1. The van der Waals surface area contributed by atoms with Crippen molar-refractivity contribution in [3.05, 3.63) is 83.6 Å². The maximum absolute atomic E-state index is 12.0. The van der Waals surface area contributed by atoms with Gasteiger partial charge in [-0.25, -0.2) is 5.43 Å². The van der Waals surface area contributed by atoms with Crippen LogP contribution in [0.3, 0.4) is 0 Å². The number of ether oxygens (including phenoxy) is 1. The summed E-state index contributed by atoms with van der Waals surface area (Å²) >= 11 is 0. The van der Waals surface area contributed by atoms with Crippen LogP contribution in [-0.2, 0) is 13.0 Å². The van der Waals surface area contributed by atoms with Crippen LogP contribution in [0.5, 0.6) is 5.75 Å². The van der Waals surface area contributed by atoms with Crippen LogP contribution in [0.4, 0.5) is 0 Å². The van der Waals surface area contributed by atoms with Gasteiger partial charge in [-0.1, -0.05) is 31.5 Å². The van der Waals surface area contributed by atoms with Crippen LogP contribution < -0.4 is 10.2 Å². The predicted molar refractivity (Wildman–Crippen MR) is 103 cm³/mol. The van der Waals surface area contributed by atoms with E-state index < -0.39 is 5.91 Å². The predicted octanol–water partition coefficient (Wildman–Crippen LogP) is 3.97. The molecule has 0 unspecified atom stereocenters. The number of nitrogens with zero attached hydrogens (tertiary/aromatic N) is 2. The van der Waals surface area contributed by atoms with E-state index in [9.17, 15) is 4.79 Å². The van der Waals surface area contributed by atoms with Crippen LogP contribution in [0.1, 0.15) is 40.9 Å². The Kier molecular flexibility index (Phi) is 6.35. The molecule has 0 aliphatic carbocycles. The average molecular weight is 363 g/mol.